The van der Waals surface area contributed by atoms with Crippen LogP contribution in [-0.2, 0) is 6.54 Å². The van der Waals surface area contributed by atoms with Crippen molar-refractivity contribution in [1.29, 1.82) is 0 Å². The Labute approximate surface area is 93.2 Å². The van der Waals surface area contributed by atoms with E-state index in [-0.39, 0.29) is 0 Å². The van der Waals surface area contributed by atoms with Crippen LogP contribution in [0.5, 0.6) is 5.75 Å². The van der Waals surface area contributed by atoms with Crippen molar-refractivity contribution in [1.82, 2.24) is 0 Å². The monoisotopic (exact) mass is 219 g/mol. The summed E-state index contributed by atoms with van der Waals surface area (Å²) >= 11 is 1.66. The summed E-state index contributed by atoms with van der Waals surface area (Å²) in [6.07, 6.45) is 0. The van der Waals surface area contributed by atoms with Gasteiger partial charge in [-0.25, -0.2) is 0 Å². The van der Waals surface area contributed by atoms with Crippen LogP contribution in [0, 0.1) is 6.92 Å². The van der Waals surface area contributed by atoms with Crippen LogP contribution in [0.1, 0.15) is 11.1 Å². The van der Waals surface area contributed by atoms with Gasteiger partial charge in [-0.15, -0.1) is 0 Å². The minimum absolute atomic E-state index is 0.350. The Morgan fingerprint density at radius 3 is 2.93 bits per heavy atom. The van der Waals surface area contributed by atoms with Gasteiger partial charge in [0.1, 0.15) is 5.75 Å². The number of aromatic hydroxyl groups is 1. The summed E-state index contributed by atoms with van der Waals surface area (Å²) in [5, 5.41) is 17.0. The van der Waals surface area contributed by atoms with Crippen molar-refractivity contribution in [3.05, 3.63) is 46.2 Å². The zero-order valence-corrected chi connectivity index (χ0v) is 9.34. The van der Waals surface area contributed by atoms with Crippen LogP contribution in [0.4, 0.5) is 5.69 Å². The summed E-state index contributed by atoms with van der Waals surface area (Å²) in [5.74, 6) is 0.350. The van der Waals surface area contributed by atoms with E-state index in [1.165, 1.54) is 0 Å². The molecule has 0 aliphatic rings. The Hall–Kier alpha value is -1.48. The van der Waals surface area contributed by atoms with Crippen LogP contribution in [0.3, 0.4) is 0 Å². The molecular weight excluding hydrogens is 206 g/mol. The fourth-order valence-electron chi connectivity index (χ4n) is 1.42. The van der Waals surface area contributed by atoms with Gasteiger partial charge < -0.3 is 10.4 Å². The summed E-state index contributed by atoms with van der Waals surface area (Å²) in [6, 6.07) is 7.66. The molecule has 2 N–H and O–H groups in total. The van der Waals surface area contributed by atoms with Gasteiger partial charge in [-0.2, -0.15) is 11.3 Å². The van der Waals surface area contributed by atoms with Crippen LogP contribution in [-0.4, -0.2) is 5.11 Å². The van der Waals surface area contributed by atoms with Crippen molar-refractivity contribution in [2.24, 2.45) is 0 Å². The van der Waals surface area contributed by atoms with Crippen molar-refractivity contribution in [2.75, 3.05) is 5.32 Å². The van der Waals surface area contributed by atoms with E-state index < -0.39 is 0 Å². The predicted octanol–water partition coefficient (Wildman–Crippen LogP) is 3.37. The van der Waals surface area contributed by atoms with E-state index in [9.17, 15) is 5.11 Å². The van der Waals surface area contributed by atoms with Gasteiger partial charge in [0.05, 0.1) is 0 Å². The van der Waals surface area contributed by atoms with Crippen molar-refractivity contribution in [2.45, 2.75) is 13.5 Å². The topological polar surface area (TPSA) is 32.3 Å². The molecule has 2 rings (SSSR count). The van der Waals surface area contributed by atoms with Gasteiger partial charge >= 0.3 is 0 Å². The first-order valence-electron chi connectivity index (χ1n) is 4.80. The van der Waals surface area contributed by atoms with Gasteiger partial charge in [-0.3, -0.25) is 0 Å². The number of aryl methyl sites for hydroxylation is 1. The molecule has 0 aliphatic heterocycles. The molecule has 0 radical (unpaired) electrons. The molecule has 0 atom stereocenters. The molecule has 0 amide bonds. The fourth-order valence-corrected chi connectivity index (χ4v) is 2.03. The lowest BCUT2D eigenvalue weighted by molar-refractivity contribution is 0.469. The van der Waals surface area contributed by atoms with Gasteiger partial charge in [0.2, 0.25) is 0 Å². The molecule has 0 saturated heterocycles. The van der Waals surface area contributed by atoms with Gasteiger partial charge in [0.25, 0.3) is 0 Å². The second-order valence-corrected chi connectivity index (χ2v) is 4.28. The van der Waals surface area contributed by atoms with Gasteiger partial charge in [0, 0.05) is 23.2 Å². The Balaban J connectivity index is 2.07. The third kappa shape index (κ3) is 2.50. The highest BCUT2D eigenvalue weighted by atomic mass is 32.1. The quantitative estimate of drug-likeness (QED) is 0.829. The highest BCUT2D eigenvalue weighted by Crippen LogP contribution is 2.20. The normalized spacial score (nSPS) is 10.2. The van der Waals surface area contributed by atoms with E-state index in [0.717, 1.165) is 16.8 Å². The van der Waals surface area contributed by atoms with Gasteiger partial charge in [0.15, 0.2) is 0 Å². The molecule has 1 aromatic carbocycles. The zero-order chi connectivity index (χ0) is 10.7. The van der Waals surface area contributed by atoms with Gasteiger partial charge in [-0.1, -0.05) is 17.7 Å². The molecule has 0 fully saturated rings. The smallest absolute Gasteiger partial charge is 0.120 e. The molecule has 1 heterocycles. The standard InChI is InChI=1S/C12H13NOS/c1-9-2-3-12(14)10(6-9)7-13-11-4-5-15-8-11/h2-6,8,13-14H,7H2,1H3. The average Bonchev–Trinajstić information content (AvgIpc) is 2.72. The molecule has 0 saturated carbocycles. The number of benzene rings is 1. The lowest BCUT2D eigenvalue weighted by Gasteiger charge is -2.07. The molecular formula is C12H13NOS. The molecule has 3 heteroatoms. The number of thiophene rings is 1. The van der Waals surface area contributed by atoms with Crippen molar-refractivity contribution in [3.8, 4) is 5.75 Å². The maximum atomic E-state index is 9.63. The van der Waals surface area contributed by atoms with Crippen molar-refractivity contribution >= 4 is 17.0 Å². The first-order valence-corrected chi connectivity index (χ1v) is 5.74. The number of anilines is 1. The van der Waals surface area contributed by atoms with Gasteiger partial charge in [-0.05, 0) is 24.4 Å². The van der Waals surface area contributed by atoms with Crippen molar-refractivity contribution in [3.63, 3.8) is 0 Å². The van der Waals surface area contributed by atoms with Crippen LogP contribution >= 0.6 is 11.3 Å². The number of rotatable bonds is 3. The number of hydrogen-bond donors (Lipinski definition) is 2. The maximum Gasteiger partial charge on any atom is 0.120 e. The SMILES string of the molecule is Cc1ccc(O)c(CNc2ccsc2)c1. The second-order valence-electron chi connectivity index (χ2n) is 3.50. The van der Waals surface area contributed by atoms with E-state index in [1.807, 2.05) is 35.9 Å². The summed E-state index contributed by atoms with van der Waals surface area (Å²) in [6.45, 7) is 2.68. The van der Waals surface area contributed by atoms with Crippen LogP contribution in [0.25, 0.3) is 0 Å². The predicted molar refractivity (Wildman–Crippen MR) is 64.5 cm³/mol. The molecule has 1 aromatic heterocycles. The van der Waals surface area contributed by atoms with E-state index >= 15 is 0 Å². The number of phenolic OH excluding ortho intramolecular Hbond substituents is 1. The lowest BCUT2D eigenvalue weighted by Crippen LogP contribution is -1.98. The average molecular weight is 219 g/mol. The third-order valence-corrected chi connectivity index (χ3v) is 2.92. The maximum absolute atomic E-state index is 9.63. The summed E-state index contributed by atoms with van der Waals surface area (Å²) in [5.41, 5.74) is 3.19. The second kappa shape index (κ2) is 4.36. The fraction of sp³-hybridized carbons (Fsp3) is 0.167. The number of nitrogens with one attached hydrogen (secondary N) is 1. The van der Waals surface area contributed by atoms with E-state index in [4.69, 9.17) is 0 Å². The zero-order valence-electron chi connectivity index (χ0n) is 8.53. The first-order chi connectivity index (χ1) is 7.25. The van der Waals surface area contributed by atoms with E-state index in [1.54, 1.807) is 17.4 Å². The molecule has 2 nitrogen and oxygen atoms in total. The third-order valence-electron chi connectivity index (χ3n) is 2.24. The summed E-state index contributed by atoms with van der Waals surface area (Å²) in [4.78, 5) is 0. The molecule has 2 aromatic rings. The Morgan fingerprint density at radius 1 is 1.33 bits per heavy atom. The van der Waals surface area contributed by atoms with Crippen LogP contribution in [0.2, 0.25) is 0 Å². The summed E-state index contributed by atoms with van der Waals surface area (Å²) < 4.78 is 0. The highest BCUT2D eigenvalue weighted by molar-refractivity contribution is 7.08. The van der Waals surface area contributed by atoms with Crippen molar-refractivity contribution < 1.29 is 5.11 Å². The lowest BCUT2D eigenvalue weighted by atomic mass is 10.1. The van der Waals surface area contributed by atoms with E-state index in [0.29, 0.717) is 12.3 Å². The minimum atomic E-state index is 0.350. The Morgan fingerprint density at radius 2 is 2.20 bits per heavy atom. The highest BCUT2D eigenvalue weighted by Gasteiger charge is 2.01. The number of phenols is 1. The first kappa shape index (κ1) is 10.1. The molecule has 78 valence electrons. The molecule has 0 spiro atoms. The molecule has 0 bridgehead atoms. The van der Waals surface area contributed by atoms with Crippen LogP contribution in [0.15, 0.2) is 35.0 Å². The molecule has 15 heavy (non-hydrogen) atoms. The van der Waals surface area contributed by atoms with E-state index in [2.05, 4.69) is 5.32 Å². The molecule has 0 unspecified atom stereocenters. The van der Waals surface area contributed by atoms with Crippen LogP contribution < -0.4 is 5.32 Å². The molecule has 0 aliphatic carbocycles. The Bertz CT molecular complexity index is 437. The minimum Gasteiger partial charge on any atom is -0.508 e. The Kier molecular flexibility index (Phi) is 2.92. The number of hydrogen-bond acceptors (Lipinski definition) is 3. The summed E-state index contributed by atoms with van der Waals surface area (Å²) in [7, 11) is 0. The largest absolute Gasteiger partial charge is 0.508 e.